The molecule has 0 amide bonds. The second-order valence-electron chi connectivity index (χ2n) is 5.35. The van der Waals surface area contributed by atoms with Crippen LogP contribution in [0.2, 0.25) is 4.34 Å². The first-order chi connectivity index (χ1) is 11.1. The average molecular weight is 351 g/mol. The number of likely N-dealkylation sites (N-methyl/N-ethyl adjacent to an activating group) is 1. The van der Waals surface area contributed by atoms with Gasteiger partial charge in [-0.15, -0.1) is 11.3 Å². The van der Waals surface area contributed by atoms with Crippen LogP contribution in [-0.2, 0) is 13.0 Å². The van der Waals surface area contributed by atoms with Crippen molar-refractivity contribution in [3.63, 3.8) is 0 Å². The van der Waals surface area contributed by atoms with Gasteiger partial charge in [-0.3, -0.25) is 4.90 Å². The number of hydrogen-bond acceptors (Lipinski definition) is 5. The van der Waals surface area contributed by atoms with Crippen molar-refractivity contribution in [3.8, 4) is 11.8 Å². The average Bonchev–Trinajstić information content (AvgIpc) is 2.91. The van der Waals surface area contributed by atoms with Crippen molar-refractivity contribution in [2.75, 3.05) is 20.2 Å². The molecule has 4 nitrogen and oxygen atoms in total. The third-order valence-corrected chi connectivity index (χ3v) is 4.44. The highest BCUT2D eigenvalue weighted by Crippen LogP contribution is 2.22. The fourth-order valence-electron chi connectivity index (χ4n) is 2.17. The van der Waals surface area contributed by atoms with Gasteiger partial charge in [0.2, 0.25) is 0 Å². The zero-order chi connectivity index (χ0) is 16.7. The second kappa shape index (κ2) is 8.90. The zero-order valence-corrected chi connectivity index (χ0v) is 14.5. The highest BCUT2D eigenvalue weighted by molar-refractivity contribution is 7.16. The molecule has 6 heteroatoms. The number of nitrogens with zero attached hydrogens (tertiary/aromatic N) is 2. The van der Waals surface area contributed by atoms with Gasteiger partial charge >= 0.3 is 0 Å². The van der Waals surface area contributed by atoms with Gasteiger partial charge in [0, 0.05) is 18.0 Å². The molecule has 0 fully saturated rings. The Balaban J connectivity index is 1.73. The molecule has 0 radical (unpaired) electrons. The van der Waals surface area contributed by atoms with Gasteiger partial charge in [-0.2, -0.15) is 5.26 Å². The molecule has 23 heavy (non-hydrogen) atoms. The van der Waals surface area contributed by atoms with Crippen LogP contribution in [-0.4, -0.2) is 36.3 Å². The molecule has 1 aromatic heterocycles. The van der Waals surface area contributed by atoms with Crippen LogP contribution in [0.5, 0.6) is 5.75 Å². The molecule has 0 bridgehead atoms. The van der Waals surface area contributed by atoms with E-state index >= 15 is 0 Å². The molecule has 2 rings (SSSR count). The standard InChI is InChI=1S/C17H19ClN2O2S/c1-20(11-16-6-7-17(18)23-16)10-14(21)12-22-15-4-2-13(3-5-15)8-9-19/h2-7,14,21H,8,10-12H2,1H3/t14-/m0/s1. The van der Waals surface area contributed by atoms with Crippen molar-refractivity contribution in [3.05, 3.63) is 51.2 Å². The highest BCUT2D eigenvalue weighted by Gasteiger charge is 2.10. The van der Waals surface area contributed by atoms with E-state index in [1.165, 1.54) is 4.88 Å². The van der Waals surface area contributed by atoms with Gasteiger partial charge in [0.05, 0.1) is 16.8 Å². The van der Waals surface area contributed by atoms with Crippen molar-refractivity contribution in [2.45, 2.75) is 19.1 Å². The number of nitriles is 1. The summed E-state index contributed by atoms with van der Waals surface area (Å²) in [5, 5.41) is 18.7. The Morgan fingerprint density at radius 1 is 1.30 bits per heavy atom. The minimum absolute atomic E-state index is 0.229. The van der Waals surface area contributed by atoms with Crippen LogP contribution in [0.3, 0.4) is 0 Å². The topological polar surface area (TPSA) is 56.5 Å². The Bertz CT molecular complexity index is 651. The Kier molecular flexibility index (Phi) is 6.87. The van der Waals surface area contributed by atoms with E-state index in [0.717, 1.165) is 16.4 Å². The monoisotopic (exact) mass is 350 g/mol. The summed E-state index contributed by atoms with van der Waals surface area (Å²) in [5.41, 5.74) is 0.953. The smallest absolute Gasteiger partial charge is 0.119 e. The first-order valence-electron chi connectivity index (χ1n) is 7.26. The molecule has 2 aromatic rings. The van der Waals surface area contributed by atoms with Crippen molar-refractivity contribution < 1.29 is 9.84 Å². The lowest BCUT2D eigenvalue weighted by Crippen LogP contribution is -2.32. The summed E-state index contributed by atoms with van der Waals surface area (Å²) >= 11 is 7.46. The van der Waals surface area contributed by atoms with Crippen LogP contribution in [0.25, 0.3) is 0 Å². The van der Waals surface area contributed by atoms with E-state index in [9.17, 15) is 5.11 Å². The first-order valence-corrected chi connectivity index (χ1v) is 8.46. The quantitative estimate of drug-likeness (QED) is 0.793. The van der Waals surface area contributed by atoms with Crippen molar-refractivity contribution in [2.24, 2.45) is 0 Å². The van der Waals surface area contributed by atoms with E-state index in [1.54, 1.807) is 11.3 Å². The molecule has 0 saturated carbocycles. The number of rotatable bonds is 8. The van der Waals surface area contributed by atoms with Gasteiger partial charge in [0.25, 0.3) is 0 Å². The highest BCUT2D eigenvalue weighted by atomic mass is 35.5. The fourth-order valence-corrected chi connectivity index (χ4v) is 3.33. The van der Waals surface area contributed by atoms with Gasteiger partial charge in [-0.05, 0) is 36.9 Å². The first kappa shape index (κ1) is 17.8. The molecule has 0 spiro atoms. The molecule has 1 atom stereocenters. The molecule has 0 aliphatic rings. The lowest BCUT2D eigenvalue weighted by molar-refractivity contribution is 0.0746. The number of thiophene rings is 1. The summed E-state index contributed by atoms with van der Waals surface area (Å²) in [4.78, 5) is 3.20. The van der Waals surface area contributed by atoms with E-state index < -0.39 is 6.10 Å². The molecule has 0 saturated heterocycles. The summed E-state index contributed by atoms with van der Waals surface area (Å²) < 4.78 is 6.35. The maximum atomic E-state index is 10.1. The van der Waals surface area contributed by atoms with E-state index in [2.05, 4.69) is 6.07 Å². The van der Waals surface area contributed by atoms with E-state index in [1.807, 2.05) is 48.3 Å². The lowest BCUT2D eigenvalue weighted by Gasteiger charge is -2.20. The minimum atomic E-state index is -0.575. The Morgan fingerprint density at radius 3 is 2.65 bits per heavy atom. The Morgan fingerprint density at radius 2 is 2.04 bits per heavy atom. The van der Waals surface area contributed by atoms with Gasteiger partial charge in [0.1, 0.15) is 18.5 Å². The fraction of sp³-hybridized carbons (Fsp3) is 0.353. The molecular formula is C17H19ClN2O2S. The van der Waals surface area contributed by atoms with Gasteiger partial charge in [-0.1, -0.05) is 23.7 Å². The summed E-state index contributed by atoms with van der Waals surface area (Å²) in [5.74, 6) is 0.693. The number of aliphatic hydroxyl groups is 1. The molecule has 0 aliphatic heterocycles. The van der Waals surface area contributed by atoms with Gasteiger partial charge < -0.3 is 9.84 Å². The summed E-state index contributed by atoms with van der Waals surface area (Å²) in [6.45, 7) is 1.49. The summed E-state index contributed by atoms with van der Waals surface area (Å²) in [6, 6.07) is 13.3. The third-order valence-electron chi connectivity index (χ3n) is 3.23. The maximum Gasteiger partial charge on any atom is 0.119 e. The third kappa shape index (κ3) is 6.20. The van der Waals surface area contributed by atoms with Crippen LogP contribution in [0, 0.1) is 11.3 Å². The lowest BCUT2D eigenvalue weighted by atomic mass is 10.2. The number of benzene rings is 1. The summed E-state index contributed by atoms with van der Waals surface area (Å²) in [6.07, 6.45) is -0.185. The van der Waals surface area contributed by atoms with E-state index in [-0.39, 0.29) is 6.61 Å². The number of hydrogen-bond donors (Lipinski definition) is 1. The zero-order valence-electron chi connectivity index (χ0n) is 12.9. The number of halogens is 1. The maximum absolute atomic E-state index is 10.1. The van der Waals surface area contributed by atoms with E-state index in [4.69, 9.17) is 21.6 Å². The number of aliphatic hydroxyl groups excluding tert-OH is 1. The summed E-state index contributed by atoms with van der Waals surface area (Å²) in [7, 11) is 1.95. The van der Waals surface area contributed by atoms with Crippen LogP contribution >= 0.6 is 22.9 Å². The molecular weight excluding hydrogens is 332 g/mol. The van der Waals surface area contributed by atoms with Crippen molar-refractivity contribution in [1.82, 2.24) is 4.90 Å². The van der Waals surface area contributed by atoms with Crippen molar-refractivity contribution >= 4 is 22.9 Å². The Labute approximate surface area is 145 Å². The van der Waals surface area contributed by atoms with Gasteiger partial charge in [0.15, 0.2) is 0 Å². The van der Waals surface area contributed by atoms with Gasteiger partial charge in [-0.25, -0.2) is 0 Å². The van der Waals surface area contributed by atoms with E-state index in [0.29, 0.717) is 18.7 Å². The predicted molar refractivity (Wildman–Crippen MR) is 92.9 cm³/mol. The second-order valence-corrected chi connectivity index (χ2v) is 7.15. The van der Waals surface area contributed by atoms with Crippen LogP contribution < -0.4 is 4.74 Å². The predicted octanol–water partition coefficient (Wildman–Crippen LogP) is 3.34. The normalized spacial score (nSPS) is 12.1. The molecule has 122 valence electrons. The number of ether oxygens (including phenoxy) is 1. The Hall–Kier alpha value is -1.58. The molecule has 1 aromatic carbocycles. The van der Waals surface area contributed by atoms with Crippen LogP contribution in [0.4, 0.5) is 0 Å². The molecule has 1 heterocycles. The molecule has 1 N–H and O–H groups in total. The molecule has 0 unspecified atom stereocenters. The van der Waals surface area contributed by atoms with Crippen LogP contribution in [0.15, 0.2) is 36.4 Å². The minimum Gasteiger partial charge on any atom is -0.491 e. The SMILES string of the molecule is CN(Cc1ccc(Cl)s1)C[C@H](O)COc1ccc(CC#N)cc1. The van der Waals surface area contributed by atoms with Crippen molar-refractivity contribution in [1.29, 1.82) is 5.26 Å². The van der Waals surface area contributed by atoms with Crippen LogP contribution in [0.1, 0.15) is 10.4 Å². The largest absolute Gasteiger partial charge is 0.491 e. The molecule has 0 aliphatic carbocycles.